The summed E-state index contributed by atoms with van der Waals surface area (Å²) in [5.41, 5.74) is 4.11. The Labute approximate surface area is 180 Å². The Morgan fingerprint density at radius 1 is 0.967 bits per heavy atom. The highest BCUT2D eigenvalue weighted by molar-refractivity contribution is 6.30. The number of benzene rings is 3. The molecule has 5 rings (SSSR count). The second-order valence-corrected chi connectivity index (χ2v) is 7.74. The van der Waals surface area contributed by atoms with Crippen molar-refractivity contribution in [2.24, 2.45) is 5.10 Å². The summed E-state index contributed by atoms with van der Waals surface area (Å²) in [6.45, 7) is 0. The van der Waals surface area contributed by atoms with Gasteiger partial charge in [-0.1, -0.05) is 23.7 Å². The molecular weight excluding hydrogens is 400 g/mol. The van der Waals surface area contributed by atoms with Crippen LogP contribution in [0.2, 0.25) is 5.02 Å². The zero-order chi connectivity index (χ0) is 20.7. The van der Waals surface area contributed by atoms with E-state index < -0.39 is 0 Å². The van der Waals surface area contributed by atoms with Gasteiger partial charge in [0.05, 0.1) is 26.0 Å². The Bertz CT molecular complexity index is 1110. The van der Waals surface area contributed by atoms with E-state index in [1.165, 1.54) is 0 Å². The van der Waals surface area contributed by atoms with Crippen LogP contribution >= 0.6 is 11.6 Å². The molecule has 3 aromatic rings. The quantitative estimate of drug-likeness (QED) is 0.551. The van der Waals surface area contributed by atoms with Gasteiger partial charge in [-0.2, -0.15) is 5.10 Å². The molecule has 6 heteroatoms. The summed E-state index contributed by atoms with van der Waals surface area (Å²) in [7, 11) is 3.33. The number of ether oxygens (including phenoxy) is 3. The van der Waals surface area contributed by atoms with Crippen LogP contribution in [0.15, 0.2) is 71.8 Å². The minimum atomic E-state index is -0.352. The van der Waals surface area contributed by atoms with Gasteiger partial charge in [-0.15, -0.1) is 0 Å². The van der Waals surface area contributed by atoms with Crippen molar-refractivity contribution in [3.8, 4) is 17.2 Å². The Kier molecular flexibility index (Phi) is 4.75. The van der Waals surface area contributed by atoms with Crippen molar-refractivity contribution in [2.45, 2.75) is 18.7 Å². The van der Waals surface area contributed by atoms with Gasteiger partial charge in [-0.3, -0.25) is 0 Å². The van der Waals surface area contributed by atoms with E-state index in [4.69, 9.17) is 30.9 Å². The predicted octanol–water partition coefficient (Wildman–Crippen LogP) is 5.60. The summed E-state index contributed by atoms with van der Waals surface area (Å²) in [6, 6.07) is 21.7. The molecule has 0 saturated carbocycles. The zero-order valence-corrected chi connectivity index (χ0v) is 17.5. The SMILES string of the molecule is COc1ccc(C2=NN3[C@@H](C2)c2cc(Cl)ccc2O[C@H]3c2cccc(OC)c2)cc1. The van der Waals surface area contributed by atoms with Gasteiger partial charge < -0.3 is 14.2 Å². The van der Waals surface area contributed by atoms with Gasteiger partial charge in [0, 0.05) is 22.6 Å². The molecule has 0 aliphatic carbocycles. The number of fused-ring (bicyclic) bond motifs is 3. The number of methoxy groups -OCH3 is 2. The topological polar surface area (TPSA) is 43.3 Å². The van der Waals surface area contributed by atoms with Crippen LogP contribution in [-0.4, -0.2) is 24.9 Å². The summed E-state index contributed by atoms with van der Waals surface area (Å²) in [6.07, 6.45) is 0.415. The molecule has 0 saturated heterocycles. The van der Waals surface area contributed by atoms with Crippen LogP contribution in [0.3, 0.4) is 0 Å². The van der Waals surface area contributed by atoms with E-state index in [0.29, 0.717) is 5.02 Å². The Morgan fingerprint density at radius 2 is 1.77 bits per heavy atom. The van der Waals surface area contributed by atoms with Gasteiger partial charge in [0.15, 0.2) is 0 Å². The third-order valence-electron chi connectivity index (χ3n) is 5.55. The van der Waals surface area contributed by atoms with Gasteiger partial charge in [-0.25, -0.2) is 5.01 Å². The van der Waals surface area contributed by atoms with Crippen LogP contribution in [0, 0.1) is 0 Å². The fourth-order valence-electron chi connectivity index (χ4n) is 4.03. The summed E-state index contributed by atoms with van der Waals surface area (Å²) in [4.78, 5) is 0. The highest BCUT2D eigenvalue weighted by Crippen LogP contribution is 2.48. The lowest BCUT2D eigenvalue weighted by Gasteiger charge is -2.38. The molecule has 0 fully saturated rings. The van der Waals surface area contributed by atoms with Crippen molar-refractivity contribution in [1.29, 1.82) is 0 Å². The van der Waals surface area contributed by atoms with Gasteiger partial charge >= 0.3 is 0 Å². The van der Waals surface area contributed by atoms with Crippen molar-refractivity contribution in [3.63, 3.8) is 0 Å². The minimum absolute atomic E-state index is 0.0424. The first-order valence-electron chi connectivity index (χ1n) is 9.76. The molecular formula is C24H21ClN2O3. The highest BCUT2D eigenvalue weighted by Gasteiger charge is 2.41. The second kappa shape index (κ2) is 7.58. The lowest BCUT2D eigenvalue weighted by molar-refractivity contribution is -0.0191. The first kappa shape index (κ1) is 18.8. The zero-order valence-electron chi connectivity index (χ0n) is 16.7. The van der Waals surface area contributed by atoms with Crippen LogP contribution in [0.25, 0.3) is 0 Å². The first-order valence-corrected chi connectivity index (χ1v) is 10.1. The van der Waals surface area contributed by atoms with Gasteiger partial charge in [-0.05, 0) is 60.2 Å². The van der Waals surface area contributed by atoms with E-state index in [1.807, 2.05) is 71.7 Å². The number of rotatable bonds is 4. The molecule has 2 aliphatic heterocycles. The molecule has 30 heavy (non-hydrogen) atoms. The molecule has 0 unspecified atom stereocenters. The first-order chi connectivity index (χ1) is 14.7. The smallest absolute Gasteiger partial charge is 0.214 e. The van der Waals surface area contributed by atoms with E-state index in [9.17, 15) is 0 Å². The maximum Gasteiger partial charge on any atom is 0.214 e. The fourth-order valence-corrected chi connectivity index (χ4v) is 4.21. The largest absolute Gasteiger partial charge is 0.497 e. The molecule has 152 valence electrons. The highest BCUT2D eigenvalue weighted by atomic mass is 35.5. The van der Waals surface area contributed by atoms with Crippen LogP contribution in [0.4, 0.5) is 0 Å². The normalized spacial score (nSPS) is 19.4. The van der Waals surface area contributed by atoms with Crippen molar-refractivity contribution < 1.29 is 14.2 Å². The second-order valence-electron chi connectivity index (χ2n) is 7.30. The minimum Gasteiger partial charge on any atom is -0.497 e. The van der Waals surface area contributed by atoms with E-state index in [-0.39, 0.29) is 12.3 Å². The van der Waals surface area contributed by atoms with E-state index in [1.54, 1.807) is 14.2 Å². The monoisotopic (exact) mass is 420 g/mol. The molecule has 2 heterocycles. The van der Waals surface area contributed by atoms with Crippen LogP contribution in [0.1, 0.15) is 35.4 Å². The number of halogens is 1. The molecule has 0 N–H and O–H groups in total. The summed E-state index contributed by atoms with van der Waals surface area (Å²) in [5.74, 6) is 2.44. The summed E-state index contributed by atoms with van der Waals surface area (Å²) >= 11 is 6.30. The predicted molar refractivity (Wildman–Crippen MR) is 117 cm³/mol. The molecule has 2 atom stereocenters. The maximum atomic E-state index is 6.39. The number of hydrogen-bond acceptors (Lipinski definition) is 5. The fraction of sp³-hybridized carbons (Fsp3) is 0.208. The average molecular weight is 421 g/mol. The molecule has 2 aliphatic rings. The lowest BCUT2D eigenvalue weighted by Crippen LogP contribution is -2.33. The summed E-state index contributed by atoms with van der Waals surface area (Å²) in [5, 5.41) is 7.70. The lowest BCUT2D eigenvalue weighted by atomic mass is 9.96. The van der Waals surface area contributed by atoms with Gasteiger partial charge in [0.2, 0.25) is 6.23 Å². The molecule has 0 radical (unpaired) electrons. The molecule has 0 bridgehead atoms. The van der Waals surface area contributed by atoms with Crippen molar-refractivity contribution in [3.05, 3.63) is 88.4 Å². The van der Waals surface area contributed by atoms with Crippen molar-refractivity contribution in [2.75, 3.05) is 14.2 Å². The Morgan fingerprint density at radius 3 is 2.53 bits per heavy atom. The standard InChI is InChI=1S/C24H21ClN2O3/c1-28-18-9-6-15(7-10-18)21-14-22-20-13-17(25)8-11-23(20)30-24(27(22)26-21)16-4-3-5-19(12-16)29-2/h3-13,22,24H,14H2,1-2H3/t22-,24-/m0/s1. The molecule has 0 spiro atoms. The van der Waals surface area contributed by atoms with Crippen LogP contribution in [0.5, 0.6) is 17.2 Å². The number of nitrogens with zero attached hydrogens (tertiary/aromatic N) is 2. The van der Waals surface area contributed by atoms with E-state index in [0.717, 1.165) is 46.1 Å². The third kappa shape index (κ3) is 3.25. The van der Waals surface area contributed by atoms with E-state index >= 15 is 0 Å². The summed E-state index contributed by atoms with van der Waals surface area (Å²) < 4.78 is 17.1. The third-order valence-corrected chi connectivity index (χ3v) is 5.79. The molecule has 3 aromatic carbocycles. The van der Waals surface area contributed by atoms with Gasteiger partial charge in [0.1, 0.15) is 17.2 Å². The van der Waals surface area contributed by atoms with Crippen LogP contribution in [-0.2, 0) is 0 Å². The average Bonchev–Trinajstić information content (AvgIpc) is 3.24. The number of hydrogen-bond donors (Lipinski definition) is 0. The number of hydrazone groups is 1. The van der Waals surface area contributed by atoms with Crippen molar-refractivity contribution >= 4 is 17.3 Å². The van der Waals surface area contributed by atoms with Crippen molar-refractivity contribution in [1.82, 2.24) is 5.01 Å². The van der Waals surface area contributed by atoms with E-state index in [2.05, 4.69) is 0 Å². The van der Waals surface area contributed by atoms with Crippen LogP contribution < -0.4 is 14.2 Å². The Hall–Kier alpha value is -3.18. The molecule has 5 nitrogen and oxygen atoms in total. The molecule has 0 amide bonds. The molecule has 0 aromatic heterocycles. The van der Waals surface area contributed by atoms with Gasteiger partial charge in [0.25, 0.3) is 0 Å². The Balaban J connectivity index is 1.58. The maximum absolute atomic E-state index is 6.39.